The average Bonchev–Trinajstić information content (AvgIpc) is 2.73. The van der Waals surface area contributed by atoms with Gasteiger partial charge in [0, 0.05) is 6.54 Å². The summed E-state index contributed by atoms with van der Waals surface area (Å²) in [7, 11) is 0. The second-order valence-electron chi connectivity index (χ2n) is 3.52. The lowest BCUT2D eigenvalue weighted by Crippen LogP contribution is -2.30. The maximum atomic E-state index is 12.2. The third-order valence-electron chi connectivity index (χ3n) is 2.28. The molecule has 1 aliphatic rings. The second kappa shape index (κ2) is 3.31. The van der Waals surface area contributed by atoms with Crippen molar-refractivity contribution in [2.45, 2.75) is 24.6 Å². The largest absolute Gasteiger partial charge is 0.445 e. The van der Waals surface area contributed by atoms with Gasteiger partial charge in [-0.15, -0.1) is 10.2 Å². The molecule has 0 saturated heterocycles. The number of rotatable bonds is 3. The Balaban J connectivity index is 2.08. The number of aromatic nitrogens is 2. The number of nitrogens with zero attached hydrogens (tertiary/aromatic N) is 2. The SMILES string of the molecule is NCC1(Nc2nnc(C(F)(F)F)s2)CC1. The summed E-state index contributed by atoms with van der Waals surface area (Å²) in [6, 6.07) is 0. The van der Waals surface area contributed by atoms with Gasteiger partial charge in [0.05, 0.1) is 5.54 Å². The first kappa shape index (κ1) is 10.6. The fraction of sp³-hybridized carbons (Fsp3) is 0.714. The predicted molar refractivity (Wildman–Crippen MR) is 49.6 cm³/mol. The van der Waals surface area contributed by atoms with Crippen LogP contribution in [0.3, 0.4) is 0 Å². The summed E-state index contributed by atoms with van der Waals surface area (Å²) in [4.78, 5) is 0. The molecular weight excluding hydrogens is 229 g/mol. The van der Waals surface area contributed by atoms with Crippen LogP contribution in [0.4, 0.5) is 18.3 Å². The number of hydrogen-bond acceptors (Lipinski definition) is 5. The van der Waals surface area contributed by atoms with Gasteiger partial charge in [0.25, 0.3) is 0 Å². The molecule has 0 amide bonds. The monoisotopic (exact) mass is 238 g/mol. The topological polar surface area (TPSA) is 63.8 Å². The van der Waals surface area contributed by atoms with Gasteiger partial charge in [-0.2, -0.15) is 13.2 Å². The van der Waals surface area contributed by atoms with Crippen LogP contribution >= 0.6 is 11.3 Å². The Labute approximate surface area is 87.7 Å². The highest BCUT2D eigenvalue weighted by molar-refractivity contribution is 7.15. The molecule has 0 aromatic carbocycles. The summed E-state index contributed by atoms with van der Waals surface area (Å²) in [5, 5.41) is 8.66. The highest BCUT2D eigenvalue weighted by atomic mass is 32.1. The molecule has 15 heavy (non-hydrogen) atoms. The number of hydrogen-bond donors (Lipinski definition) is 2. The van der Waals surface area contributed by atoms with Crippen LogP contribution in [-0.2, 0) is 6.18 Å². The Hall–Kier alpha value is -0.890. The number of anilines is 1. The van der Waals surface area contributed by atoms with Crippen molar-refractivity contribution in [3.8, 4) is 0 Å². The molecule has 4 nitrogen and oxygen atoms in total. The van der Waals surface area contributed by atoms with Gasteiger partial charge in [-0.1, -0.05) is 11.3 Å². The molecule has 0 radical (unpaired) electrons. The van der Waals surface area contributed by atoms with E-state index in [1.807, 2.05) is 0 Å². The van der Waals surface area contributed by atoms with Crippen molar-refractivity contribution in [2.24, 2.45) is 5.73 Å². The second-order valence-corrected chi connectivity index (χ2v) is 4.50. The molecule has 1 saturated carbocycles. The van der Waals surface area contributed by atoms with Crippen molar-refractivity contribution in [1.29, 1.82) is 0 Å². The lowest BCUT2D eigenvalue weighted by Gasteiger charge is -2.12. The molecule has 0 bridgehead atoms. The molecule has 1 heterocycles. The summed E-state index contributed by atoms with van der Waals surface area (Å²) in [6.07, 6.45) is -2.69. The van der Waals surface area contributed by atoms with Crippen molar-refractivity contribution in [2.75, 3.05) is 11.9 Å². The number of nitrogens with two attached hydrogens (primary N) is 1. The van der Waals surface area contributed by atoms with Gasteiger partial charge in [-0.25, -0.2) is 0 Å². The molecule has 0 atom stereocenters. The molecule has 0 aliphatic heterocycles. The fourth-order valence-corrected chi connectivity index (χ4v) is 1.88. The average molecular weight is 238 g/mol. The zero-order valence-corrected chi connectivity index (χ0v) is 8.45. The molecule has 1 fully saturated rings. The van der Waals surface area contributed by atoms with Crippen LogP contribution in [0.2, 0.25) is 0 Å². The van der Waals surface area contributed by atoms with Crippen molar-refractivity contribution in [3.63, 3.8) is 0 Å². The lowest BCUT2D eigenvalue weighted by atomic mass is 10.3. The fourth-order valence-electron chi connectivity index (χ4n) is 1.15. The van der Waals surface area contributed by atoms with E-state index in [0.717, 1.165) is 12.8 Å². The smallest absolute Gasteiger partial charge is 0.353 e. The summed E-state index contributed by atoms with van der Waals surface area (Å²) in [5.74, 6) is 0. The first-order chi connectivity index (χ1) is 6.95. The predicted octanol–water partition coefficient (Wildman–Crippen LogP) is 1.46. The number of alkyl halides is 3. The Morgan fingerprint density at radius 2 is 2.07 bits per heavy atom. The van der Waals surface area contributed by atoms with Crippen LogP contribution < -0.4 is 11.1 Å². The Bertz CT molecular complexity index is 357. The van der Waals surface area contributed by atoms with Gasteiger partial charge in [-0.3, -0.25) is 0 Å². The van der Waals surface area contributed by atoms with Crippen LogP contribution in [-0.4, -0.2) is 22.3 Å². The molecule has 2 rings (SSSR count). The summed E-state index contributed by atoms with van der Waals surface area (Å²) in [6.45, 7) is 0.397. The number of nitrogens with one attached hydrogen (secondary N) is 1. The van der Waals surface area contributed by atoms with Crippen LogP contribution in [0, 0.1) is 0 Å². The first-order valence-corrected chi connectivity index (χ1v) is 5.16. The van der Waals surface area contributed by atoms with E-state index < -0.39 is 11.2 Å². The van der Waals surface area contributed by atoms with Gasteiger partial charge in [0.15, 0.2) is 0 Å². The third-order valence-corrected chi connectivity index (χ3v) is 3.17. The number of halogens is 3. The van der Waals surface area contributed by atoms with Crippen molar-refractivity contribution < 1.29 is 13.2 Å². The lowest BCUT2D eigenvalue weighted by molar-refractivity contribution is -0.138. The molecule has 1 aromatic heterocycles. The minimum Gasteiger partial charge on any atom is -0.353 e. The van der Waals surface area contributed by atoms with Gasteiger partial charge in [0.2, 0.25) is 10.1 Å². The van der Waals surface area contributed by atoms with Gasteiger partial charge in [0.1, 0.15) is 0 Å². The zero-order valence-electron chi connectivity index (χ0n) is 7.64. The Morgan fingerprint density at radius 1 is 1.40 bits per heavy atom. The minimum absolute atomic E-state index is 0.185. The summed E-state index contributed by atoms with van der Waals surface area (Å²) in [5.41, 5.74) is 5.23. The summed E-state index contributed by atoms with van der Waals surface area (Å²) >= 11 is 0.508. The zero-order chi connectivity index (χ0) is 11.1. The van der Waals surface area contributed by atoms with E-state index in [2.05, 4.69) is 15.5 Å². The first-order valence-electron chi connectivity index (χ1n) is 4.34. The molecule has 0 spiro atoms. The van der Waals surface area contributed by atoms with Crippen molar-refractivity contribution >= 4 is 16.5 Å². The molecule has 0 unspecified atom stereocenters. The molecular formula is C7H9F3N4S. The molecule has 1 aliphatic carbocycles. The van der Waals surface area contributed by atoms with Crippen LogP contribution in [0.15, 0.2) is 0 Å². The standard InChI is InChI=1S/C7H9F3N4S/c8-7(9,10)4-13-14-5(15-4)12-6(3-11)1-2-6/h1-3,11H2,(H,12,14). The highest BCUT2D eigenvalue weighted by Crippen LogP contribution is 2.40. The van der Waals surface area contributed by atoms with Crippen LogP contribution in [0.5, 0.6) is 0 Å². The van der Waals surface area contributed by atoms with Gasteiger partial charge in [-0.05, 0) is 12.8 Å². The molecule has 84 valence electrons. The van der Waals surface area contributed by atoms with E-state index in [0.29, 0.717) is 17.9 Å². The van der Waals surface area contributed by atoms with E-state index >= 15 is 0 Å². The van der Waals surface area contributed by atoms with Crippen molar-refractivity contribution in [1.82, 2.24) is 10.2 Å². The van der Waals surface area contributed by atoms with E-state index in [4.69, 9.17) is 5.73 Å². The quantitative estimate of drug-likeness (QED) is 0.836. The van der Waals surface area contributed by atoms with E-state index in [-0.39, 0.29) is 10.7 Å². The van der Waals surface area contributed by atoms with E-state index in [1.165, 1.54) is 0 Å². The highest BCUT2D eigenvalue weighted by Gasteiger charge is 2.43. The van der Waals surface area contributed by atoms with Crippen molar-refractivity contribution in [3.05, 3.63) is 5.01 Å². The molecule has 3 N–H and O–H groups in total. The van der Waals surface area contributed by atoms with Crippen LogP contribution in [0.25, 0.3) is 0 Å². The Morgan fingerprint density at radius 3 is 2.47 bits per heavy atom. The third kappa shape index (κ3) is 2.20. The van der Waals surface area contributed by atoms with Gasteiger partial charge < -0.3 is 11.1 Å². The Kier molecular flexibility index (Phi) is 2.34. The maximum Gasteiger partial charge on any atom is 0.445 e. The molecule has 8 heteroatoms. The van der Waals surface area contributed by atoms with E-state index in [9.17, 15) is 13.2 Å². The van der Waals surface area contributed by atoms with E-state index in [1.54, 1.807) is 0 Å². The maximum absolute atomic E-state index is 12.2. The minimum atomic E-state index is -4.42. The molecule has 1 aromatic rings. The normalized spacial score (nSPS) is 18.9. The summed E-state index contributed by atoms with van der Waals surface area (Å²) < 4.78 is 36.6. The van der Waals surface area contributed by atoms with Crippen LogP contribution in [0.1, 0.15) is 17.8 Å². The van der Waals surface area contributed by atoms with Gasteiger partial charge >= 0.3 is 6.18 Å².